The third-order valence-electron chi connectivity index (χ3n) is 3.92. The fourth-order valence-electron chi connectivity index (χ4n) is 2.58. The maximum Gasteiger partial charge on any atom is 0.251 e. The summed E-state index contributed by atoms with van der Waals surface area (Å²) in [6.45, 7) is 0. The van der Waals surface area contributed by atoms with Gasteiger partial charge in [0.1, 0.15) is 5.75 Å². The van der Waals surface area contributed by atoms with Gasteiger partial charge in [-0.3, -0.25) is 9.20 Å². The van der Waals surface area contributed by atoms with E-state index in [0.29, 0.717) is 5.56 Å². The van der Waals surface area contributed by atoms with Crippen molar-refractivity contribution in [2.24, 2.45) is 0 Å². The van der Waals surface area contributed by atoms with Crippen LogP contribution in [0.2, 0.25) is 0 Å². The van der Waals surface area contributed by atoms with Crippen molar-refractivity contribution in [2.45, 2.75) is 12.5 Å². The van der Waals surface area contributed by atoms with Gasteiger partial charge in [0, 0.05) is 11.8 Å². The number of nitrogens with zero attached hydrogens (tertiary/aromatic N) is 3. The lowest BCUT2D eigenvalue weighted by Gasteiger charge is -2.17. The Morgan fingerprint density at radius 2 is 2.04 bits per heavy atom. The third-order valence-corrected chi connectivity index (χ3v) is 4.56. The summed E-state index contributed by atoms with van der Waals surface area (Å²) in [6.07, 6.45) is 4.74. The van der Waals surface area contributed by atoms with E-state index in [1.165, 1.54) is 0 Å². The number of methoxy groups -OCH3 is 1. The average Bonchev–Trinajstić information content (AvgIpc) is 3.09. The number of pyridine rings is 1. The number of rotatable bonds is 7. The number of nitrogens with one attached hydrogen (secondary N) is 1. The first-order valence-electron chi connectivity index (χ1n) is 7.96. The van der Waals surface area contributed by atoms with Crippen molar-refractivity contribution in [1.82, 2.24) is 19.9 Å². The molecule has 0 radical (unpaired) electrons. The van der Waals surface area contributed by atoms with E-state index in [9.17, 15) is 4.79 Å². The lowest BCUT2D eigenvalue weighted by Crippen LogP contribution is -2.30. The van der Waals surface area contributed by atoms with Crippen LogP contribution in [-0.2, 0) is 0 Å². The normalized spacial score (nSPS) is 12.1. The molecule has 1 N–H and O–H groups in total. The first-order chi connectivity index (χ1) is 12.2. The molecule has 6 nitrogen and oxygen atoms in total. The Morgan fingerprint density at radius 1 is 1.24 bits per heavy atom. The second-order valence-electron chi connectivity index (χ2n) is 5.52. The molecule has 0 spiro atoms. The highest BCUT2D eigenvalue weighted by atomic mass is 32.2. The van der Waals surface area contributed by atoms with Crippen LogP contribution in [0.5, 0.6) is 5.75 Å². The molecule has 130 valence electrons. The number of ether oxygens (including phenoxy) is 1. The van der Waals surface area contributed by atoms with Crippen molar-refractivity contribution < 1.29 is 9.53 Å². The van der Waals surface area contributed by atoms with Crippen molar-refractivity contribution in [1.29, 1.82) is 0 Å². The van der Waals surface area contributed by atoms with Gasteiger partial charge in [-0.15, -0.1) is 10.2 Å². The van der Waals surface area contributed by atoms with Gasteiger partial charge in [-0.25, -0.2) is 0 Å². The summed E-state index contributed by atoms with van der Waals surface area (Å²) < 4.78 is 7.05. The Labute approximate surface area is 150 Å². The van der Waals surface area contributed by atoms with E-state index < -0.39 is 0 Å². The van der Waals surface area contributed by atoms with Gasteiger partial charge >= 0.3 is 0 Å². The summed E-state index contributed by atoms with van der Waals surface area (Å²) in [5.74, 6) is 2.24. The molecule has 3 aromatic rings. The number of fused-ring (bicyclic) bond motifs is 1. The molecule has 0 fully saturated rings. The third kappa shape index (κ3) is 3.93. The first-order valence-corrected chi connectivity index (χ1v) is 9.36. The number of benzene rings is 1. The number of amides is 1. The van der Waals surface area contributed by atoms with Gasteiger partial charge in [0.05, 0.1) is 13.2 Å². The van der Waals surface area contributed by atoms with Crippen LogP contribution in [0, 0.1) is 0 Å². The second-order valence-corrected chi connectivity index (χ2v) is 6.51. The van der Waals surface area contributed by atoms with E-state index >= 15 is 0 Å². The highest BCUT2D eigenvalue weighted by Crippen LogP contribution is 2.19. The van der Waals surface area contributed by atoms with Crippen LogP contribution < -0.4 is 10.1 Å². The highest BCUT2D eigenvalue weighted by molar-refractivity contribution is 7.98. The Bertz CT molecular complexity index is 848. The van der Waals surface area contributed by atoms with E-state index in [1.807, 2.05) is 35.1 Å². The van der Waals surface area contributed by atoms with Gasteiger partial charge in [0.25, 0.3) is 5.91 Å². The molecule has 0 aliphatic rings. The van der Waals surface area contributed by atoms with Gasteiger partial charge in [0.2, 0.25) is 0 Å². The molecule has 0 bridgehead atoms. The quantitative estimate of drug-likeness (QED) is 0.705. The second kappa shape index (κ2) is 8.02. The van der Waals surface area contributed by atoms with E-state index in [2.05, 4.69) is 15.5 Å². The molecule has 0 aliphatic carbocycles. The molecule has 0 unspecified atom stereocenters. The summed E-state index contributed by atoms with van der Waals surface area (Å²) in [5, 5.41) is 11.6. The molecule has 1 aromatic carbocycles. The molecule has 1 amide bonds. The first kappa shape index (κ1) is 17.3. The Balaban J connectivity index is 1.84. The van der Waals surface area contributed by atoms with Gasteiger partial charge in [0.15, 0.2) is 11.5 Å². The van der Waals surface area contributed by atoms with Crippen molar-refractivity contribution in [3.63, 3.8) is 0 Å². The Kier molecular flexibility index (Phi) is 5.55. The topological polar surface area (TPSA) is 68.5 Å². The monoisotopic (exact) mass is 356 g/mol. The van der Waals surface area contributed by atoms with Crippen molar-refractivity contribution in [2.75, 3.05) is 19.1 Å². The molecule has 0 saturated carbocycles. The molecule has 3 rings (SSSR count). The SMILES string of the molecule is COc1ccc(C(=O)N[C@H](CCSC)c2nnc3ccccn23)cc1. The number of thioether (sulfide) groups is 1. The summed E-state index contributed by atoms with van der Waals surface area (Å²) >= 11 is 1.74. The molecule has 0 saturated heterocycles. The Morgan fingerprint density at radius 3 is 2.76 bits per heavy atom. The van der Waals surface area contributed by atoms with Crippen LogP contribution in [-0.4, -0.2) is 39.6 Å². The number of carbonyl (C=O) groups excluding carboxylic acids is 1. The van der Waals surface area contributed by atoms with E-state index in [4.69, 9.17) is 4.74 Å². The molecule has 0 aliphatic heterocycles. The summed E-state index contributed by atoms with van der Waals surface area (Å²) in [5.41, 5.74) is 1.36. The standard InChI is InChI=1S/C18H20N4O2S/c1-24-14-8-6-13(7-9-14)18(23)19-15(10-12-25-2)17-21-20-16-5-3-4-11-22(16)17/h3-9,11,15H,10,12H2,1-2H3,(H,19,23)/t15-/m1/s1. The highest BCUT2D eigenvalue weighted by Gasteiger charge is 2.20. The predicted octanol–water partition coefficient (Wildman–Crippen LogP) is 2.96. The number of hydrogen-bond donors (Lipinski definition) is 1. The molecule has 25 heavy (non-hydrogen) atoms. The van der Waals surface area contributed by atoms with Gasteiger partial charge < -0.3 is 10.1 Å². The number of aromatic nitrogens is 3. The zero-order valence-corrected chi connectivity index (χ0v) is 15.0. The van der Waals surface area contributed by atoms with Gasteiger partial charge in [-0.1, -0.05) is 6.07 Å². The summed E-state index contributed by atoms with van der Waals surface area (Å²) in [4.78, 5) is 12.6. The van der Waals surface area contributed by atoms with Gasteiger partial charge in [-0.05, 0) is 54.8 Å². The van der Waals surface area contributed by atoms with Crippen LogP contribution in [0.15, 0.2) is 48.7 Å². The average molecular weight is 356 g/mol. The van der Waals surface area contributed by atoms with Crippen LogP contribution in [0.25, 0.3) is 5.65 Å². The minimum Gasteiger partial charge on any atom is -0.497 e. The van der Waals surface area contributed by atoms with Crippen molar-refractivity contribution in [3.05, 3.63) is 60.0 Å². The fourth-order valence-corrected chi connectivity index (χ4v) is 3.05. The number of carbonyl (C=O) groups is 1. The number of hydrogen-bond acceptors (Lipinski definition) is 5. The van der Waals surface area contributed by atoms with Crippen LogP contribution in [0.3, 0.4) is 0 Å². The van der Waals surface area contributed by atoms with Crippen LogP contribution >= 0.6 is 11.8 Å². The maximum atomic E-state index is 12.6. The van der Waals surface area contributed by atoms with E-state index in [1.54, 1.807) is 43.1 Å². The minimum absolute atomic E-state index is 0.138. The summed E-state index contributed by atoms with van der Waals surface area (Å²) in [6, 6.07) is 12.6. The maximum absolute atomic E-state index is 12.6. The fraction of sp³-hybridized carbons (Fsp3) is 0.278. The zero-order valence-electron chi connectivity index (χ0n) is 14.2. The lowest BCUT2D eigenvalue weighted by atomic mass is 10.1. The zero-order chi connectivity index (χ0) is 17.6. The van der Waals surface area contributed by atoms with Crippen molar-refractivity contribution in [3.8, 4) is 5.75 Å². The molecular formula is C18H20N4O2S. The van der Waals surface area contributed by atoms with Crippen LogP contribution in [0.1, 0.15) is 28.6 Å². The molecular weight excluding hydrogens is 336 g/mol. The largest absolute Gasteiger partial charge is 0.497 e. The van der Waals surface area contributed by atoms with Crippen LogP contribution in [0.4, 0.5) is 0 Å². The minimum atomic E-state index is -0.209. The molecule has 1 atom stereocenters. The van der Waals surface area contributed by atoms with E-state index in [0.717, 1.165) is 29.4 Å². The van der Waals surface area contributed by atoms with Crippen molar-refractivity contribution >= 4 is 23.3 Å². The molecule has 2 aromatic heterocycles. The predicted molar refractivity (Wildman–Crippen MR) is 99.2 cm³/mol. The lowest BCUT2D eigenvalue weighted by molar-refractivity contribution is 0.0934. The Hall–Kier alpha value is -2.54. The smallest absolute Gasteiger partial charge is 0.251 e. The molecule has 7 heteroatoms. The van der Waals surface area contributed by atoms with Gasteiger partial charge in [-0.2, -0.15) is 11.8 Å². The molecule has 2 heterocycles. The summed E-state index contributed by atoms with van der Waals surface area (Å²) in [7, 11) is 1.60. The van der Waals surface area contributed by atoms with E-state index in [-0.39, 0.29) is 11.9 Å².